The van der Waals surface area contributed by atoms with Crippen LogP contribution in [0.3, 0.4) is 0 Å². The van der Waals surface area contributed by atoms with Crippen LogP contribution < -0.4 is 4.74 Å². The van der Waals surface area contributed by atoms with Gasteiger partial charge in [0, 0.05) is 5.56 Å². The van der Waals surface area contributed by atoms with E-state index in [-0.39, 0.29) is 29.4 Å². The molecule has 36 heavy (non-hydrogen) atoms. The van der Waals surface area contributed by atoms with E-state index in [4.69, 9.17) is 9.47 Å². The average Bonchev–Trinajstić information content (AvgIpc) is 3.73. The number of methoxy groups -OCH3 is 2. The van der Waals surface area contributed by atoms with Gasteiger partial charge >= 0.3 is 5.97 Å². The standard InChI is InChI=1S/C30H33FO5/c1-18(30(34)36-3)29(22-9-10-22)23-11-8-21(28(33)16-23)12-15-27(32)20-6-4-19(5-7-20)25-17-24(35-2)13-14-26(25)31/h4-8,11,13-14,16-18,22,27,29,32-33H,9-10,12,15H2,1-3H3. The summed E-state index contributed by atoms with van der Waals surface area (Å²) in [5.41, 5.74) is 3.54. The summed E-state index contributed by atoms with van der Waals surface area (Å²) in [6.45, 7) is 1.88. The van der Waals surface area contributed by atoms with Crippen LogP contribution in [-0.2, 0) is 16.0 Å². The van der Waals surface area contributed by atoms with E-state index in [1.807, 2.05) is 19.1 Å². The summed E-state index contributed by atoms with van der Waals surface area (Å²) in [6.07, 6.45) is 2.32. The fraction of sp³-hybridized carbons (Fsp3) is 0.367. The van der Waals surface area contributed by atoms with E-state index in [1.165, 1.54) is 20.3 Å². The molecule has 4 rings (SSSR count). The van der Waals surface area contributed by atoms with Crippen molar-refractivity contribution in [3.05, 3.63) is 83.2 Å². The van der Waals surface area contributed by atoms with Crippen molar-refractivity contribution in [2.24, 2.45) is 11.8 Å². The number of aryl methyl sites for hydroxylation is 1. The zero-order chi connectivity index (χ0) is 25.8. The molecule has 5 nitrogen and oxygen atoms in total. The highest BCUT2D eigenvalue weighted by Crippen LogP contribution is 2.47. The fourth-order valence-electron chi connectivity index (χ4n) is 4.95. The summed E-state index contributed by atoms with van der Waals surface area (Å²) in [5.74, 6) is 0.348. The smallest absolute Gasteiger partial charge is 0.309 e. The number of aliphatic hydroxyl groups excluding tert-OH is 1. The minimum Gasteiger partial charge on any atom is -0.508 e. The van der Waals surface area contributed by atoms with Crippen LogP contribution in [0, 0.1) is 17.7 Å². The predicted molar refractivity (Wildman–Crippen MR) is 136 cm³/mol. The number of phenolic OH excluding ortho intramolecular Hbond substituents is 1. The van der Waals surface area contributed by atoms with Gasteiger partial charge in [-0.15, -0.1) is 0 Å². The summed E-state index contributed by atoms with van der Waals surface area (Å²) in [4.78, 5) is 12.1. The van der Waals surface area contributed by atoms with Crippen LogP contribution in [0.4, 0.5) is 4.39 Å². The van der Waals surface area contributed by atoms with E-state index in [2.05, 4.69) is 0 Å². The van der Waals surface area contributed by atoms with Gasteiger partial charge in [0.05, 0.1) is 26.2 Å². The molecule has 0 aromatic heterocycles. The summed E-state index contributed by atoms with van der Waals surface area (Å²) >= 11 is 0. The number of rotatable bonds is 10. The van der Waals surface area contributed by atoms with Gasteiger partial charge in [0.1, 0.15) is 17.3 Å². The molecule has 3 unspecified atom stereocenters. The Hall–Kier alpha value is -3.38. The Bertz CT molecular complexity index is 1200. The van der Waals surface area contributed by atoms with E-state index in [9.17, 15) is 19.4 Å². The van der Waals surface area contributed by atoms with Crippen molar-refractivity contribution in [2.75, 3.05) is 14.2 Å². The van der Waals surface area contributed by atoms with Crippen LogP contribution in [0.1, 0.15) is 54.9 Å². The molecule has 190 valence electrons. The Morgan fingerprint density at radius 3 is 2.33 bits per heavy atom. The highest BCUT2D eigenvalue weighted by molar-refractivity contribution is 5.73. The zero-order valence-electron chi connectivity index (χ0n) is 20.9. The maximum absolute atomic E-state index is 14.3. The summed E-state index contributed by atoms with van der Waals surface area (Å²) in [6, 6.07) is 17.3. The summed E-state index contributed by atoms with van der Waals surface area (Å²) < 4.78 is 24.4. The van der Waals surface area contributed by atoms with Gasteiger partial charge in [0.15, 0.2) is 0 Å². The molecule has 2 N–H and O–H groups in total. The van der Waals surface area contributed by atoms with Gasteiger partial charge in [-0.3, -0.25) is 4.79 Å². The molecule has 3 atom stereocenters. The van der Waals surface area contributed by atoms with Crippen LogP contribution in [0.25, 0.3) is 11.1 Å². The van der Waals surface area contributed by atoms with Gasteiger partial charge < -0.3 is 19.7 Å². The fourth-order valence-corrected chi connectivity index (χ4v) is 4.95. The van der Waals surface area contributed by atoms with Crippen LogP contribution in [0.15, 0.2) is 60.7 Å². The second-order valence-electron chi connectivity index (χ2n) is 9.59. The van der Waals surface area contributed by atoms with E-state index in [0.717, 1.165) is 29.5 Å². The number of ether oxygens (including phenoxy) is 2. The Balaban J connectivity index is 1.42. The first-order chi connectivity index (χ1) is 17.3. The first kappa shape index (κ1) is 25.7. The SMILES string of the molecule is COC(=O)C(C)C(c1ccc(CCC(O)c2ccc(-c3cc(OC)ccc3F)cc2)c(O)c1)C1CC1. The van der Waals surface area contributed by atoms with Crippen LogP contribution in [0.5, 0.6) is 11.5 Å². The van der Waals surface area contributed by atoms with E-state index in [1.54, 1.807) is 42.5 Å². The molecule has 0 radical (unpaired) electrons. The molecule has 0 bridgehead atoms. The third-order valence-corrected chi connectivity index (χ3v) is 7.20. The third kappa shape index (κ3) is 5.71. The molecule has 1 saturated carbocycles. The highest BCUT2D eigenvalue weighted by Gasteiger charge is 2.39. The van der Waals surface area contributed by atoms with Gasteiger partial charge in [-0.1, -0.05) is 43.3 Å². The van der Waals surface area contributed by atoms with Crippen LogP contribution in [0.2, 0.25) is 0 Å². The van der Waals surface area contributed by atoms with Gasteiger partial charge in [-0.05, 0) is 84.0 Å². The van der Waals surface area contributed by atoms with Crippen molar-refractivity contribution in [1.29, 1.82) is 0 Å². The van der Waals surface area contributed by atoms with Crippen molar-refractivity contribution >= 4 is 5.97 Å². The monoisotopic (exact) mass is 492 g/mol. The number of aliphatic hydroxyl groups is 1. The second-order valence-corrected chi connectivity index (χ2v) is 9.59. The molecule has 6 heteroatoms. The number of aromatic hydroxyl groups is 1. The van der Waals surface area contributed by atoms with E-state index < -0.39 is 6.10 Å². The number of carbonyl (C=O) groups excluding carboxylic acids is 1. The lowest BCUT2D eigenvalue weighted by Crippen LogP contribution is -2.22. The molecule has 0 aliphatic heterocycles. The molecular weight excluding hydrogens is 459 g/mol. The maximum Gasteiger partial charge on any atom is 0.309 e. The van der Waals surface area contributed by atoms with Gasteiger partial charge in [-0.2, -0.15) is 0 Å². The van der Waals surface area contributed by atoms with Gasteiger partial charge in [0.2, 0.25) is 0 Å². The van der Waals surface area contributed by atoms with Gasteiger partial charge in [-0.25, -0.2) is 4.39 Å². The quantitative estimate of drug-likeness (QED) is 0.331. The number of hydrogen-bond acceptors (Lipinski definition) is 5. The molecule has 1 aliphatic rings. The summed E-state index contributed by atoms with van der Waals surface area (Å²) in [5, 5.41) is 21.4. The predicted octanol–water partition coefficient (Wildman–Crippen LogP) is 6.18. The van der Waals surface area contributed by atoms with E-state index >= 15 is 0 Å². The summed E-state index contributed by atoms with van der Waals surface area (Å²) in [7, 11) is 2.94. The number of halogens is 1. The minimum atomic E-state index is -0.730. The normalized spacial score (nSPS) is 15.7. The molecule has 3 aromatic carbocycles. The third-order valence-electron chi connectivity index (χ3n) is 7.20. The average molecular weight is 493 g/mol. The zero-order valence-corrected chi connectivity index (χ0v) is 20.9. The molecule has 3 aromatic rings. The van der Waals surface area contributed by atoms with Crippen LogP contribution in [-0.4, -0.2) is 30.4 Å². The first-order valence-electron chi connectivity index (χ1n) is 12.3. The van der Waals surface area contributed by atoms with Crippen molar-refractivity contribution < 1.29 is 28.9 Å². The number of benzene rings is 3. The number of esters is 1. The molecule has 1 fully saturated rings. The first-order valence-corrected chi connectivity index (χ1v) is 12.3. The molecule has 0 spiro atoms. The van der Waals surface area contributed by atoms with Crippen LogP contribution >= 0.6 is 0 Å². The lowest BCUT2D eigenvalue weighted by molar-refractivity contribution is -0.145. The Morgan fingerprint density at radius 2 is 1.72 bits per heavy atom. The number of carbonyl (C=O) groups is 1. The van der Waals surface area contributed by atoms with Crippen molar-refractivity contribution in [2.45, 2.75) is 44.6 Å². The molecular formula is C30H33FO5. The topological polar surface area (TPSA) is 76.0 Å². The largest absolute Gasteiger partial charge is 0.508 e. The Kier molecular flexibility index (Phi) is 7.94. The molecule has 0 heterocycles. The lowest BCUT2D eigenvalue weighted by atomic mass is 9.82. The number of phenols is 1. The van der Waals surface area contributed by atoms with E-state index in [0.29, 0.717) is 35.6 Å². The number of hydrogen-bond donors (Lipinski definition) is 2. The second kappa shape index (κ2) is 11.1. The maximum atomic E-state index is 14.3. The van der Waals surface area contributed by atoms with Crippen molar-refractivity contribution in [1.82, 2.24) is 0 Å². The van der Waals surface area contributed by atoms with Crippen molar-refractivity contribution in [3.63, 3.8) is 0 Å². The lowest BCUT2D eigenvalue weighted by Gasteiger charge is -2.23. The molecule has 0 saturated heterocycles. The van der Waals surface area contributed by atoms with Gasteiger partial charge in [0.25, 0.3) is 0 Å². The highest BCUT2D eigenvalue weighted by atomic mass is 19.1. The molecule has 1 aliphatic carbocycles. The minimum absolute atomic E-state index is 0.0240. The van der Waals surface area contributed by atoms with Crippen molar-refractivity contribution in [3.8, 4) is 22.6 Å². The molecule has 0 amide bonds. The Labute approximate surface area is 211 Å². The Morgan fingerprint density at radius 1 is 1.03 bits per heavy atom.